The molecule has 1 aromatic carbocycles. The molecule has 1 amide bonds. The maximum Gasteiger partial charge on any atom is 0.407 e. The van der Waals surface area contributed by atoms with Crippen molar-refractivity contribution in [3.63, 3.8) is 0 Å². The smallest absolute Gasteiger partial charge is 0.407 e. The molecule has 0 bridgehead atoms. The number of fused-ring (bicyclic) bond motifs is 3. The first-order valence-electron chi connectivity index (χ1n) is 13.8. The van der Waals surface area contributed by atoms with Crippen molar-refractivity contribution in [1.82, 2.24) is 34.5 Å². The quantitative estimate of drug-likeness (QED) is 0.389. The number of nitrogens with zero attached hydrogens (tertiary/aromatic N) is 8. The fourth-order valence-electron chi connectivity index (χ4n) is 6.70. The number of ether oxygens (including phenoxy) is 1. The predicted octanol–water partition coefficient (Wildman–Crippen LogP) is 3.47. The minimum absolute atomic E-state index is 0.00601. The Morgan fingerprint density at radius 3 is 2.80 bits per heavy atom. The van der Waals surface area contributed by atoms with Crippen LogP contribution < -0.4 is 9.64 Å². The Hall–Kier alpha value is -4.13. The highest BCUT2D eigenvalue weighted by atomic mass is 19.1. The molecule has 41 heavy (non-hydrogen) atoms. The topological polar surface area (TPSA) is 113 Å². The molecule has 3 aromatic heterocycles. The number of carbonyl (C=O) groups is 1. The monoisotopic (exact) mass is 564 g/mol. The standard InChI is InChI=1S/C28H30F2N8O3/c1-35-24-17(13-32-35)4-2-5-19(24)22-21(30)23-20(14-31-22)25(36-8-10-37(11-9-36)27(39)40)34-26(33-23)41-16-28-6-3-7-38(28)15-18(29)12-28/h2,4-5,13-14,18H,3,6-12,15-16H2,1H3,(H,39,40)/t18-,28+/m1/s1. The van der Waals surface area contributed by atoms with Crippen molar-refractivity contribution in [2.45, 2.75) is 31.0 Å². The molecule has 3 saturated heterocycles. The van der Waals surface area contributed by atoms with Gasteiger partial charge in [0.2, 0.25) is 0 Å². The number of hydrogen-bond donors (Lipinski definition) is 1. The number of benzene rings is 1. The number of alkyl halides is 1. The summed E-state index contributed by atoms with van der Waals surface area (Å²) in [6.45, 7) is 2.73. The fourth-order valence-corrected chi connectivity index (χ4v) is 6.70. The summed E-state index contributed by atoms with van der Waals surface area (Å²) < 4.78 is 38.6. The second-order valence-corrected chi connectivity index (χ2v) is 11.1. The summed E-state index contributed by atoms with van der Waals surface area (Å²) in [6, 6.07) is 5.54. The second-order valence-electron chi connectivity index (χ2n) is 11.1. The molecule has 6 heterocycles. The van der Waals surface area contributed by atoms with Crippen LogP contribution in [0.1, 0.15) is 19.3 Å². The average molecular weight is 565 g/mol. The summed E-state index contributed by atoms with van der Waals surface area (Å²) in [7, 11) is 1.80. The third-order valence-electron chi connectivity index (χ3n) is 8.74. The van der Waals surface area contributed by atoms with Crippen LogP contribution in [0.5, 0.6) is 6.01 Å². The lowest BCUT2D eigenvalue weighted by Gasteiger charge is -2.34. The maximum absolute atomic E-state index is 16.4. The van der Waals surface area contributed by atoms with Gasteiger partial charge in [-0.15, -0.1) is 0 Å². The van der Waals surface area contributed by atoms with Crippen molar-refractivity contribution in [3.05, 3.63) is 36.4 Å². The summed E-state index contributed by atoms with van der Waals surface area (Å²) >= 11 is 0. The van der Waals surface area contributed by atoms with Crippen molar-refractivity contribution in [3.8, 4) is 17.3 Å². The number of anilines is 1. The third kappa shape index (κ3) is 4.30. The van der Waals surface area contributed by atoms with Gasteiger partial charge in [-0.1, -0.05) is 18.2 Å². The van der Waals surface area contributed by atoms with Crippen LogP contribution in [0.3, 0.4) is 0 Å². The van der Waals surface area contributed by atoms with Crippen molar-refractivity contribution in [2.75, 3.05) is 50.8 Å². The number of pyridine rings is 1. The molecule has 214 valence electrons. The van der Waals surface area contributed by atoms with Crippen LogP contribution in [0.2, 0.25) is 0 Å². The minimum Gasteiger partial charge on any atom is -0.465 e. The van der Waals surface area contributed by atoms with Crippen LogP contribution in [0.4, 0.5) is 19.4 Å². The van der Waals surface area contributed by atoms with Gasteiger partial charge in [-0.25, -0.2) is 13.6 Å². The molecule has 3 aliphatic rings. The molecule has 3 aliphatic heterocycles. The lowest BCUT2D eigenvalue weighted by atomic mass is 9.95. The molecule has 0 radical (unpaired) electrons. The minimum atomic E-state index is -0.981. The molecule has 0 unspecified atom stereocenters. The van der Waals surface area contributed by atoms with Gasteiger partial charge in [-0.3, -0.25) is 14.6 Å². The van der Waals surface area contributed by atoms with E-state index < -0.39 is 23.6 Å². The number of para-hydroxylation sites is 1. The summed E-state index contributed by atoms with van der Waals surface area (Å²) in [5, 5.41) is 15.0. The highest BCUT2D eigenvalue weighted by Gasteiger charge is 2.49. The molecular weight excluding hydrogens is 534 g/mol. The van der Waals surface area contributed by atoms with Crippen molar-refractivity contribution >= 4 is 33.7 Å². The van der Waals surface area contributed by atoms with Crippen LogP contribution in [-0.2, 0) is 7.05 Å². The van der Waals surface area contributed by atoms with Crippen LogP contribution in [-0.4, -0.2) is 103 Å². The van der Waals surface area contributed by atoms with E-state index in [1.807, 2.05) is 17.0 Å². The fraction of sp³-hybridized carbons (Fsp3) is 0.464. The lowest BCUT2D eigenvalue weighted by Crippen LogP contribution is -2.48. The number of aromatic nitrogens is 5. The predicted molar refractivity (Wildman–Crippen MR) is 147 cm³/mol. The maximum atomic E-state index is 16.4. The Morgan fingerprint density at radius 2 is 2.00 bits per heavy atom. The number of carboxylic acid groups (broad SMARTS) is 1. The zero-order valence-corrected chi connectivity index (χ0v) is 22.6. The van der Waals surface area contributed by atoms with Crippen LogP contribution in [0, 0.1) is 5.82 Å². The lowest BCUT2D eigenvalue weighted by molar-refractivity contribution is 0.107. The van der Waals surface area contributed by atoms with Crippen molar-refractivity contribution in [1.29, 1.82) is 0 Å². The number of rotatable bonds is 5. The molecule has 7 rings (SSSR count). The number of piperazine rings is 1. The molecule has 0 aliphatic carbocycles. The molecule has 1 N–H and O–H groups in total. The molecule has 4 aromatic rings. The first kappa shape index (κ1) is 25.8. The summed E-state index contributed by atoms with van der Waals surface area (Å²) in [5.41, 5.74) is 1.11. The molecule has 3 fully saturated rings. The van der Waals surface area contributed by atoms with E-state index >= 15 is 4.39 Å². The van der Waals surface area contributed by atoms with Gasteiger partial charge in [-0.2, -0.15) is 15.1 Å². The summed E-state index contributed by atoms with van der Waals surface area (Å²) in [5.74, 6) is -0.179. The number of aryl methyl sites for hydroxylation is 1. The second kappa shape index (κ2) is 9.75. The van der Waals surface area contributed by atoms with Gasteiger partial charge < -0.3 is 19.6 Å². The molecule has 0 saturated carbocycles. The SMILES string of the molecule is Cn1ncc2cccc(-c3ncc4c(N5CCN(C(=O)O)CC5)nc(OC[C@@]56CCCN5C[C@H](F)C6)nc4c3F)c21. The Morgan fingerprint density at radius 1 is 1.17 bits per heavy atom. The summed E-state index contributed by atoms with van der Waals surface area (Å²) in [6.07, 6.45) is 3.58. The number of hydrogen-bond acceptors (Lipinski definition) is 8. The zero-order valence-electron chi connectivity index (χ0n) is 22.6. The van der Waals surface area contributed by atoms with Crippen molar-refractivity contribution < 1.29 is 23.4 Å². The first-order chi connectivity index (χ1) is 19.8. The molecule has 2 atom stereocenters. The molecule has 11 nitrogen and oxygen atoms in total. The first-order valence-corrected chi connectivity index (χ1v) is 13.8. The largest absolute Gasteiger partial charge is 0.465 e. The van der Waals surface area contributed by atoms with Gasteiger partial charge in [0.25, 0.3) is 0 Å². The van der Waals surface area contributed by atoms with Gasteiger partial charge in [0.15, 0.2) is 5.82 Å². The average Bonchev–Trinajstić information content (AvgIpc) is 3.63. The normalized spacial score (nSPS) is 23.0. The van der Waals surface area contributed by atoms with Crippen LogP contribution in [0.15, 0.2) is 30.6 Å². The Bertz CT molecular complexity index is 1660. The van der Waals surface area contributed by atoms with Crippen molar-refractivity contribution in [2.24, 2.45) is 7.05 Å². The van der Waals surface area contributed by atoms with E-state index in [2.05, 4.69) is 25.0 Å². The molecule has 13 heteroatoms. The molecule has 0 spiro atoms. The zero-order chi connectivity index (χ0) is 28.3. The highest BCUT2D eigenvalue weighted by molar-refractivity contribution is 5.97. The summed E-state index contributed by atoms with van der Waals surface area (Å²) in [4.78, 5) is 30.6. The Kier molecular flexibility index (Phi) is 6.14. The van der Waals surface area contributed by atoms with E-state index in [1.165, 1.54) is 4.90 Å². The van der Waals surface area contributed by atoms with Crippen LogP contribution in [0.25, 0.3) is 33.1 Å². The van der Waals surface area contributed by atoms with Gasteiger partial charge in [0.1, 0.15) is 29.8 Å². The number of amides is 1. The van der Waals surface area contributed by atoms with Gasteiger partial charge in [0, 0.05) is 63.3 Å². The third-order valence-corrected chi connectivity index (χ3v) is 8.74. The van der Waals surface area contributed by atoms with E-state index in [4.69, 9.17) is 4.74 Å². The van der Waals surface area contributed by atoms with E-state index in [1.54, 1.807) is 30.2 Å². The van der Waals surface area contributed by atoms with Crippen LogP contribution >= 0.6 is 0 Å². The Labute approximate surface area is 234 Å². The Balaban J connectivity index is 1.31. The van der Waals surface area contributed by atoms with Gasteiger partial charge in [0.05, 0.1) is 22.6 Å². The van der Waals surface area contributed by atoms with Gasteiger partial charge in [-0.05, 0) is 19.4 Å². The van der Waals surface area contributed by atoms with Gasteiger partial charge >= 0.3 is 12.1 Å². The van der Waals surface area contributed by atoms with E-state index in [9.17, 15) is 14.3 Å². The van der Waals surface area contributed by atoms with E-state index in [0.29, 0.717) is 42.8 Å². The number of halogens is 2. The highest BCUT2D eigenvalue weighted by Crippen LogP contribution is 2.41. The molecular formula is C28H30F2N8O3. The van der Waals surface area contributed by atoms with E-state index in [0.717, 1.165) is 30.3 Å². The van der Waals surface area contributed by atoms with E-state index in [-0.39, 0.29) is 36.9 Å².